The summed E-state index contributed by atoms with van der Waals surface area (Å²) in [5.74, 6) is -3.82. The number of aromatic carboxylic acids is 1. The molecule has 0 unspecified atom stereocenters. The van der Waals surface area contributed by atoms with Gasteiger partial charge in [0, 0.05) is 12.5 Å². The molecule has 1 aromatic rings. The number of hydrogen-bond donors (Lipinski definition) is 2. The summed E-state index contributed by atoms with van der Waals surface area (Å²) < 4.78 is 41.4. The molecule has 0 bridgehead atoms. The van der Waals surface area contributed by atoms with E-state index in [1.165, 1.54) is 6.07 Å². The van der Waals surface area contributed by atoms with Gasteiger partial charge in [-0.2, -0.15) is 0 Å². The van der Waals surface area contributed by atoms with Crippen LogP contribution in [0, 0.1) is 5.82 Å². The summed E-state index contributed by atoms with van der Waals surface area (Å²) in [6.07, 6.45) is -0.274. The third-order valence-electron chi connectivity index (χ3n) is 2.49. The van der Waals surface area contributed by atoms with Crippen LogP contribution in [0.15, 0.2) is 18.2 Å². The van der Waals surface area contributed by atoms with E-state index in [-0.39, 0.29) is 30.3 Å². The number of rotatable bonds is 8. The quantitative estimate of drug-likeness (QED) is 0.705. The lowest BCUT2D eigenvalue weighted by molar-refractivity contribution is -0.117. The molecule has 0 saturated carbocycles. The van der Waals surface area contributed by atoms with Crippen molar-refractivity contribution in [3.8, 4) is 5.75 Å². The van der Waals surface area contributed by atoms with Crippen LogP contribution in [0.2, 0.25) is 0 Å². The second kappa shape index (κ2) is 7.02. The van der Waals surface area contributed by atoms with Crippen molar-refractivity contribution in [2.75, 3.05) is 18.1 Å². The number of carboxylic acid groups (broad SMARTS) is 1. The van der Waals surface area contributed by atoms with Gasteiger partial charge in [0.1, 0.15) is 18.2 Å². The normalized spacial score (nSPS) is 11.1. The Kier molecular flexibility index (Phi) is 5.65. The van der Waals surface area contributed by atoms with Crippen LogP contribution in [0.3, 0.4) is 0 Å². The molecule has 116 valence electrons. The lowest BCUT2D eigenvalue weighted by Gasteiger charge is -2.07. The molecule has 0 aromatic heterocycles. The van der Waals surface area contributed by atoms with Crippen molar-refractivity contribution in [1.82, 2.24) is 0 Å². The van der Waals surface area contributed by atoms with Crippen LogP contribution >= 0.6 is 0 Å². The number of amides is 1. The Hall–Kier alpha value is -2.16. The molecular formula is C12H14FNO6S. The van der Waals surface area contributed by atoms with Crippen molar-refractivity contribution in [1.29, 1.82) is 0 Å². The number of carbonyl (C=O) groups is 2. The minimum atomic E-state index is -3.49. The van der Waals surface area contributed by atoms with Crippen LogP contribution in [0.5, 0.6) is 5.75 Å². The van der Waals surface area contributed by atoms with E-state index in [4.69, 9.17) is 15.6 Å². The van der Waals surface area contributed by atoms with E-state index in [9.17, 15) is 22.4 Å². The Balaban J connectivity index is 2.55. The fourth-order valence-electron chi connectivity index (χ4n) is 1.40. The van der Waals surface area contributed by atoms with Crippen LogP contribution in [0.1, 0.15) is 16.8 Å². The highest BCUT2D eigenvalue weighted by atomic mass is 32.2. The molecule has 0 radical (unpaired) electrons. The standard InChI is InChI=1S/C12H14FNO6S/c13-10-7-8(1-2-9(10)12(16)17)20-4-6-21(18,19)5-3-11(14)15/h1-2,7H,3-6H2,(H2,14,15)(H,16,17). The van der Waals surface area contributed by atoms with Gasteiger partial charge in [0.05, 0.1) is 17.1 Å². The van der Waals surface area contributed by atoms with Crippen molar-refractivity contribution in [2.24, 2.45) is 5.73 Å². The summed E-state index contributed by atoms with van der Waals surface area (Å²) in [7, 11) is -3.49. The first-order valence-corrected chi connectivity index (χ1v) is 7.68. The van der Waals surface area contributed by atoms with Gasteiger partial charge in [-0.25, -0.2) is 17.6 Å². The molecule has 1 aromatic carbocycles. The summed E-state index contributed by atoms with van der Waals surface area (Å²) in [6, 6.07) is 3.11. The summed E-state index contributed by atoms with van der Waals surface area (Å²) >= 11 is 0. The van der Waals surface area contributed by atoms with Gasteiger partial charge in [-0.1, -0.05) is 0 Å². The van der Waals surface area contributed by atoms with Gasteiger partial charge in [-0.05, 0) is 12.1 Å². The summed E-state index contributed by atoms with van der Waals surface area (Å²) in [6.45, 7) is -0.243. The van der Waals surface area contributed by atoms with Gasteiger partial charge in [0.2, 0.25) is 5.91 Å². The predicted octanol–water partition coefficient (Wildman–Crippen LogP) is 0.193. The van der Waals surface area contributed by atoms with E-state index in [1.807, 2.05) is 0 Å². The zero-order valence-corrected chi connectivity index (χ0v) is 11.7. The molecule has 0 spiro atoms. The predicted molar refractivity (Wildman–Crippen MR) is 71.3 cm³/mol. The second-order valence-corrected chi connectivity index (χ2v) is 6.47. The highest BCUT2D eigenvalue weighted by Gasteiger charge is 2.14. The Morgan fingerprint density at radius 2 is 1.95 bits per heavy atom. The van der Waals surface area contributed by atoms with E-state index >= 15 is 0 Å². The molecule has 0 aliphatic rings. The molecule has 21 heavy (non-hydrogen) atoms. The van der Waals surface area contributed by atoms with Gasteiger partial charge in [0.25, 0.3) is 0 Å². The fourth-order valence-corrected chi connectivity index (χ4v) is 2.46. The number of ether oxygens (including phenoxy) is 1. The topological polar surface area (TPSA) is 124 Å². The molecule has 0 aliphatic carbocycles. The van der Waals surface area contributed by atoms with Crippen molar-refractivity contribution in [2.45, 2.75) is 6.42 Å². The summed E-state index contributed by atoms with van der Waals surface area (Å²) in [5, 5.41) is 8.65. The van der Waals surface area contributed by atoms with E-state index in [0.29, 0.717) is 0 Å². The van der Waals surface area contributed by atoms with Gasteiger partial charge >= 0.3 is 5.97 Å². The Labute approximate surface area is 120 Å². The number of primary amides is 1. The molecule has 7 nitrogen and oxygen atoms in total. The monoisotopic (exact) mass is 319 g/mol. The largest absolute Gasteiger partial charge is 0.492 e. The summed E-state index contributed by atoms with van der Waals surface area (Å²) in [5.41, 5.74) is 4.35. The molecule has 9 heteroatoms. The van der Waals surface area contributed by atoms with Crippen LogP contribution in [0.4, 0.5) is 4.39 Å². The number of halogens is 1. The zero-order chi connectivity index (χ0) is 16.0. The van der Waals surface area contributed by atoms with Crippen LogP contribution in [-0.4, -0.2) is 43.5 Å². The van der Waals surface area contributed by atoms with E-state index < -0.39 is 33.1 Å². The Bertz CT molecular complexity index is 643. The third kappa shape index (κ3) is 5.78. The minimum Gasteiger partial charge on any atom is -0.492 e. The molecule has 0 saturated heterocycles. The lowest BCUT2D eigenvalue weighted by atomic mass is 10.2. The van der Waals surface area contributed by atoms with Crippen molar-refractivity contribution < 1.29 is 32.2 Å². The van der Waals surface area contributed by atoms with E-state index in [0.717, 1.165) is 12.1 Å². The fraction of sp³-hybridized carbons (Fsp3) is 0.333. The first-order chi connectivity index (χ1) is 9.71. The van der Waals surface area contributed by atoms with E-state index in [2.05, 4.69) is 0 Å². The first-order valence-electron chi connectivity index (χ1n) is 5.85. The second-order valence-electron chi connectivity index (χ2n) is 4.16. The maximum atomic E-state index is 13.3. The van der Waals surface area contributed by atoms with Crippen molar-refractivity contribution in [3.63, 3.8) is 0 Å². The third-order valence-corrected chi connectivity index (χ3v) is 4.11. The Morgan fingerprint density at radius 3 is 2.48 bits per heavy atom. The summed E-state index contributed by atoms with van der Waals surface area (Å²) in [4.78, 5) is 21.1. The van der Waals surface area contributed by atoms with Crippen molar-refractivity contribution >= 4 is 21.7 Å². The minimum absolute atomic E-state index is 0.0163. The lowest BCUT2D eigenvalue weighted by Crippen LogP contribution is -2.21. The molecule has 0 atom stereocenters. The zero-order valence-electron chi connectivity index (χ0n) is 10.9. The molecule has 1 amide bonds. The number of carbonyl (C=O) groups excluding carboxylic acids is 1. The molecular weight excluding hydrogens is 305 g/mol. The first kappa shape index (κ1) is 16.9. The van der Waals surface area contributed by atoms with Crippen molar-refractivity contribution in [3.05, 3.63) is 29.6 Å². The van der Waals surface area contributed by atoms with Gasteiger partial charge in [-0.15, -0.1) is 0 Å². The number of sulfone groups is 1. The van der Waals surface area contributed by atoms with Gasteiger partial charge < -0.3 is 15.6 Å². The molecule has 0 aliphatic heterocycles. The highest BCUT2D eigenvalue weighted by Crippen LogP contribution is 2.16. The number of nitrogens with two attached hydrogens (primary N) is 1. The average molecular weight is 319 g/mol. The average Bonchev–Trinajstić information content (AvgIpc) is 2.36. The maximum absolute atomic E-state index is 13.3. The van der Waals surface area contributed by atoms with E-state index in [1.54, 1.807) is 0 Å². The number of carboxylic acids is 1. The van der Waals surface area contributed by atoms with Crippen LogP contribution in [-0.2, 0) is 14.6 Å². The molecule has 0 fully saturated rings. The van der Waals surface area contributed by atoms with Gasteiger partial charge in [0.15, 0.2) is 9.84 Å². The van der Waals surface area contributed by atoms with Gasteiger partial charge in [-0.3, -0.25) is 4.79 Å². The number of benzene rings is 1. The number of hydrogen-bond acceptors (Lipinski definition) is 5. The highest BCUT2D eigenvalue weighted by molar-refractivity contribution is 7.91. The molecule has 0 heterocycles. The van der Waals surface area contributed by atoms with Crippen LogP contribution in [0.25, 0.3) is 0 Å². The van der Waals surface area contributed by atoms with Crippen LogP contribution < -0.4 is 10.5 Å². The molecule has 3 N–H and O–H groups in total. The molecule has 1 rings (SSSR count). The Morgan fingerprint density at radius 1 is 1.29 bits per heavy atom. The maximum Gasteiger partial charge on any atom is 0.338 e. The SMILES string of the molecule is NC(=O)CCS(=O)(=O)CCOc1ccc(C(=O)O)c(F)c1. The smallest absolute Gasteiger partial charge is 0.338 e.